The van der Waals surface area contributed by atoms with Gasteiger partial charge in [-0.3, -0.25) is 0 Å². The molecule has 0 atom stereocenters. The topological polar surface area (TPSA) is 3.24 Å². The summed E-state index contributed by atoms with van der Waals surface area (Å²) in [5, 5.41) is 0. The number of rotatable bonds is 3. The SMILES string of the molecule is Cc1cc(C)c(N(C)c2ccc(C(C)C)cc2)c(C)c1. The van der Waals surface area contributed by atoms with Crippen LogP contribution in [0.2, 0.25) is 0 Å². The second-order valence-corrected chi connectivity index (χ2v) is 6.05. The van der Waals surface area contributed by atoms with Crippen LogP contribution in [0.4, 0.5) is 11.4 Å². The Bertz CT molecular complexity index is 571. The number of hydrogen-bond acceptors (Lipinski definition) is 1. The first-order chi connectivity index (χ1) is 9.40. The summed E-state index contributed by atoms with van der Waals surface area (Å²) in [6, 6.07) is 13.4. The maximum absolute atomic E-state index is 2.29. The maximum atomic E-state index is 2.29. The van der Waals surface area contributed by atoms with Gasteiger partial charge in [-0.25, -0.2) is 0 Å². The Morgan fingerprint density at radius 2 is 1.35 bits per heavy atom. The number of benzene rings is 2. The van der Waals surface area contributed by atoms with Crippen molar-refractivity contribution >= 4 is 11.4 Å². The minimum Gasteiger partial charge on any atom is -0.344 e. The predicted molar refractivity (Wildman–Crippen MR) is 89.2 cm³/mol. The molecule has 0 fully saturated rings. The summed E-state index contributed by atoms with van der Waals surface area (Å²) in [6.07, 6.45) is 0. The molecule has 0 unspecified atom stereocenters. The van der Waals surface area contributed by atoms with Gasteiger partial charge in [-0.2, -0.15) is 0 Å². The van der Waals surface area contributed by atoms with E-state index in [0.717, 1.165) is 0 Å². The Balaban J connectivity index is 2.38. The van der Waals surface area contributed by atoms with Crippen molar-refractivity contribution in [2.75, 3.05) is 11.9 Å². The van der Waals surface area contributed by atoms with Crippen LogP contribution in [-0.2, 0) is 0 Å². The fourth-order valence-corrected chi connectivity index (χ4v) is 2.91. The Kier molecular flexibility index (Phi) is 4.17. The zero-order valence-electron chi connectivity index (χ0n) is 13.5. The minimum absolute atomic E-state index is 0.581. The van der Waals surface area contributed by atoms with Gasteiger partial charge in [0.2, 0.25) is 0 Å². The van der Waals surface area contributed by atoms with Crippen LogP contribution in [0.5, 0.6) is 0 Å². The molecular formula is C19H25N. The van der Waals surface area contributed by atoms with Crippen LogP contribution in [-0.4, -0.2) is 7.05 Å². The molecule has 1 heteroatoms. The van der Waals surface area contributed by atoms with Gasteiger partial charge in [-0.1, -0.05) is 43.7 Å². The van der Waals surface area contributed by atoms with Crippen molar-refractivity contribution in [1.82, 2.24) is 0 Å². The van der Waals surface area contributed by atoms with Gasteiger partial charge in [0.15, 0.2) is 0 Å². The summed E-state index contributed by atoms with van der Waals surface area (Å²) in [7, 11) is 2.15. The fraction of sp³-hybridized carbons (Fsp3) is 0.368. The zero-order chi connectivity index (χ0) is 14.9. The van der Waals surface area contributed by atoms with E-state index >= 15 is 0 Å². The lowest BCUT2D eigenvalue weighted by molar-refractivity contribution is 0.866. The van der Waals surface area contributed by atoms with Crippen LogP contribution in [0.1, 0.15) is 42.0 Å². The number of hydrogen-bond donors (Lipinski definition) is 0. The Hall–Kier alpha value is -1.76. The van der Waals surface area contributed by atoms with E-state index in [1.165, 1.54) is 33.6 Å². The molecule has 0 saturated heterocycles. The van der Waals surface area contributed by atoms with Crippen molar-refractivity contribution < 1.29 is 0 Å². The highest BCUT2D eigenvalue weighted by Gasteiger charge is 2.11. The van der Waals surface area contributed by atoms with Crippen molar-refractivity contribution in [3.05, 3.63) is 58.7 Å². The molecule has 0 aliphatic heterocycles. The third-order valence-electron chi connectivity index (χ3n) is 3.92. The summed E-state index contributed by atoms with van der Waals surface area (Å²) >= 11 is 0. The van der Waals surface area contributed by atoms with Crippen LogP contribution in [0, 0.1) is 20.8 Å². The first-order valence-electron chi connectivity index (χ1n) is 7.31. The van der Waals surface area contributed by atoms with Crippen molar-refractivity contribution in [1.29, 1.82) is 0 Å². The van der Waals surface area contributed by atoms with E-state index in [1.807, 2.05) is 0 Å². The largest absolute Gasteiger partial charge is 0.344 e. The van der Waals surface area contributed by atoms with Gasteiger partial charge in [-0.15, -0.1) is 0 Å². The molecule has 2 aromatic rings. The first-order valence-corrected chi connectivity index (χ1v) is 7.31. The van der Waals surface area contributed by atoms with E-state index in [9.17, 15) is 0 Å². The standard InChI is InChI=1S/C19H25N/c1-13(2)17-7-9-18(10-8-17)20(6)19-15(4)11-14(3)12-16(19)5/h7-13H,1-6H3. The van der Waals surface area contributed by atoms with Crippen LogP contribution < -0.4 is 4.90 Å². The molecule has 0 amide bonds. The molecule has 20 heavy (non-hydrogen) atoms. The Morgan fingerprint density at radius 1 is 0.850 bits per heavy atom. The summed E-state index contributed by atoms with van der Waals surface area (Å²) < 4.78 is 0. The van der Waals surface area contributed by atoms with Gasteiger partial charge in [0.1, 0.15) is 0 Å². The minimum atomic E-state index is 0.581. The molecule has 1 nitrogen and oxygen atoms in total. The quantitative estimate of drug-likeness (QED) is 0.709. The van der Waals surface area contributed by atoms with Gasteiger partial charge in [-0.05, 0) is 55.5 Å². The van der Waals surface area contributed by atoms with E-state index in [1.54, 1.807) is 0 Å². The lowest BCUT2D eigenvalue weighted by atomic mass is 10.0. The van der Waals surface area contributed by atoms with Gasteiger partial charge in [0, 0.05) is 18.4 Å². The molecule has 2 aromatic carbocycles. The third-order valence-corrected chi connectivity index (χ3v) is 3.92. The molecule has 0 bridgehead atoms. The molecule has 0 aromatic heterocycles. The van der Waals surface area contributed by atoms with Crippen molar-refractivity contribution in [2.24, 2.45) is 0 Å². The number of nitrogens with zero attached hydrogens (tertiary/aromatic N) is 1. The van der Waals surface area contributed by atoms with E-state index < -0.39 is 0 Å². The summed E-state index contributed by atoms with van der Waals surface area (Å²) in [5.41, 5.74) is 7.93. The average molecular weight is 267 g/mol. The molecule has 2 rings (SSSR count). The molecule has 0 aliphatic rings. The summed E-state index contributed by atoms with van der Waals surface area (Å²) in [5.74, 6) is 0.581. The molecule has 0 spiro atoms. The average Bonchev–Trinajstić information content (AvgIpc) is 2.37. The second-order valence-electron chi connectivity index (χ2n) is 6.05. The normalized spacial score (nSPS) is 10.9. The van der Waals surface area contributed by atoms with Crippen LogP contribution in [0.15, 0.2) is 36.4 Å². The smallest absolute Gasteiger partial charge is 0.0467 e. The lowest BCUT2D eigenvalue weighted by Gasteiger charge is -2.24. The van der Waals surface area contributed by atoms with Gasteiger partial charge < -0.3 is 4.90 Å². The Morgan fingerprint density at radius 3 is 1.80 bits per heavy atom. The summed E-state index contributed by atoms with van der Waals surface area (Å²) in [6.45, 7) is 11.0. The van der Waals surface area contributed by atoms with E-state index in [4.69, 9.17) is 0 Å². The van der Waals surface area contributed by atoms with Gasteiger partial charge in [0.25, 0.3) is 0 Å². The number of anilines is 2. The second kappa shape index (κ2) is 5.70. The van der Waals surface area contributed by atoms with E-state index in [-0.39, 0.29) is 0 Å². The fourth-order valence-electron chi connectivity index (χ4n) is 2.91. The summed E-state index contributed by atoms with van der Waals surface area (Å²) in [4.78, 5) is 2.29. The third kappa shape index (κ3) is 2.87. The predicted octanol–water partition coefficient (Wildman–Crippen LogP) is 5.50. The first kappa shape index (κ1) is 14.6. The van der Waals surface area contributed by atoms with Crippen LogP contribution in [0.3, 0.4) is 0 Å². The molecule has 0 saturated carbocycles. The van der Waals surface area contributed by atoms with Crippen LogP contribution in [0.25, 0.3) is 0 Å². The van der Waals surface area contributed by atoms with Crippen LogP contribution >= 0.6 is 0 Å². The molecule has 0 heterocycles. The lowest BCUT2D eigenvalue weighted by Crippen LogP contribution is -2.12. The molecule has 106 valence electrons. The van der Waals surface area contributed by atoms with Crippen molar-refractivity contribution in [3.63, 3.8) is 0 Å². The van der Waals surface area contributed by atoms with Crippen molar-refractivity contribution in [2.45, 2.75) is 40.5 Å². The van der Waals surface area contributed by atoms with Gasteiger partial charge >= 0.3 is 0 Å². The van der Waals surface area contributed by atoms with E-state index in [2.05, 4.69) is 83.0 Å². The monoisotopic (exact) mass is 267 g/mol. The van der Waals surface area contributed by atoms with Gasteiger partial charge in [0.05, 0.1) is 0 Å². The van der Waals surface area contributed by atoms with E-state index in [0.29, 0.717) is 5.92 Å². The molecule has 0 N–H and O–H groups in total. The highest BCUT2D eigenvalue weighted by Crippen LogP contribution is 2.31. The highest BCUT2D eigenvalue weighted by molar-refractivity contribution is 5.69. The molecular weight excluding hydrogens is 242 g/mol. The highest BCUT2D eigenvalue weighted by atomic mass is 15.1. The zero-order valence-corrected chi connectivity index (χ0v) is 13.5. The number of aryl methyl sites for hydroxylation is 3. The Labute approximate surface area is 123 Å². The maximum Gasteiger partial charge on any atom is 0.0467 e. The van der Waals surface area contributed by atoms with Crippen molar-refractivity contribution in [3.8, 4) is 0 Å². The molecule has 0 aliphatic carbocycles. The molecule has 0 radical (unpaired) electrons.